The molecule has 134 valence electrons. The van der Waals surface area contributed by atoms with Crippen molar-refractivity contribution in [1.29, 1.82) is 0 Å². The third-order valence-electron chi connectivity index (χ3n) is 5.13. The Morgan fingerprint density at radius 2 is 2.07 bits per heavy atom. The molecule has 1 N–H and O–H groups in total. The lowest BCUT2D eigenvalue weighted by atomic mass is 9.86. The number of carbonyl (C=O) groups excluding carboxylic acids is 1. The summed E-state index contributed by atoms with van der Waals surface area (Å²) in [7, 11) is 0. The van der Waals surface area contributed by atoms with Crippen LogP contribution >= 0.6 is 0 Å². The van der Waals surface area contributed by atoms with Crippen LogP contribution in [0.15, 0.2) is 55.0 Å². The average Bonchev–Trinajstić information content (AvgIpc) is 3.26. The van der Waals surface area contributed by atoms with Crippen molar-refractivity contribution in [2.24, 2.45) is 0 Å². The summed E-state index contributed by atoms with van der Waals surface area (Å²) in [6.07, 6.45) is 3.81. The highest BCUT2D eigenvalue weighted by atomic mass is 16.1. The van der Waals surface area contributed by atoms with Gasteiger partial charge in [-0.1, -0.05) is 30.3 Å². The molecule has 0 spiro atoms. The van der Waals surface area contributed by atoms with Crippen LogP contribution in [0.4, 0.5) is 5.82 Å². The molecule has 3 aromatic heterocycles. The summed E-state index contributed by atoms with van der Waals surface area (Å²) >= 11 is 0. The quantitative estimate of drug-likeness (QED) is 0.611. The fraction of sp³-hybridized carbons (Fsp3) is 0.200. The fourth-order valence-corrected chi connectivity index (χ4v) is 3.78. The number of benzene rings is 1. The van der Waals surface area contributed by atoms with Gasteiger partial charge in [-0.15, -0.1) is 0 Å². The maximum absolute atomic E-state index is 12.3. The topological polar surface area (TPSA) is 77.1 Å². The molecule has 5 rings (SSSR count). The summed E-state index contributed by atoms with van der Waals surface area (Å²) in [5, 5.41) is 11.8. The van der Waals surface area contributed by atoms with Gasteiger partial charge in [0, 0.05) is 29.8 Å². The summed E-state index contributed by atoms with van der Waals surface area (Å²) in [6.45, 7) is 2.74. The molecule has 1 aliphatic heterocycles. The van der Waals surface area contributed by atoms with Gasteiger partial charge in [0.1, 0.15) is 6.33 Å². The first-order chi connectivity index (χ1) is 13.2. The summed E-state index contributed by atoms with van der Waals surface area (Å²) in [4.78, 5) is 16.6. The van der Waals surface area contributed by atoms with E-state index in [4.69, 9.17) is 0 Å². The first-order valence-corrected chi connectivity index (χ1v) is 8.89. The van der Waals surface area contributed by atoms with Crippen LogP contribution in [0.25, 0.3) is 5.65 Å². The van der Waals surface area contributed by atoms with Gasteiger partial charge >= 0.3 is 0 Å². The number of pyridine rings is 1. The normalized spacial score (nSPS) is 16.3. The smallest absolute Gasteiger partial charge is 0.226 e. The highest BCUT2D eigenvalue weighted by Crippen LogP contribution is 2.39. The monoisotopic (exact) mass is 358 g/mol. The van der Waals surface area contributed by atoms with E-state index in [0.717, 1.165) is 22.5 Å². The Hall–Kier alpha value is -3.48. The lowest BCUT2D eigenvalue weighted by Crippen LogP contribution is -2.23. The van der Waals surface area contributed by atoms with Crippen molar-refractivity contribution in [3.8, 4) is 0 Å². The zero-order valence-electron chi connectivity index (χ0n) is 14.8. The van der Waals surface area contributed by atoms with E-state index in [-0.39, 0.29) is 11.8 Å². The van der Waals surface area contributed by atoms with Crippen LogP contribution in [0, 0.1) is 6.92 Å². The summed E-state index contributed by atoms with van der Waals surface area (Å²) < 4.78 is 3.69. The van der Waals surface area contributed by atoms with Gasteiger partial charge in [-0.25, -0.2) is 9.50 Å². The van der Waals surface area contributed by atoms with E-state index in [1.54, 1.807) is 4.52 Å². The zero-order valence-corrected chi connectivity index (χ0v) is 14.8. The van der Waals surface area contributed by atoms with E-state index in [9.17, 15) is 4.79 Å². The average molecular weight is 358 g/mol. The third kappa shape index (κ3) is 2.68. The number of carbonyl (C=O) groups is 1. The number of hydrogen-bond acceptors (Lipinski definition) is 4. The molecule has 0 radical (unpaired) electrons. The Kier molecular flexibility index (Phi) is 3.53. The van der Waals surface area contributed by atoms with Gasteiger partial charge in [0.15, 0.2) is 11.5 Å². The Morgan fingerprint density at radius 3 is 2.93 bits per heavy atom. The number of fused-ring (bicyclic) bond motifs is 2. The lowest BCUT2D eigenvalue weighted by molar-refractivity contribution is -0.116. The van der Waals surface area contributed by atoms with Crippen molar-refractivity contribution in [3.05, 3.63) is 77.4 Å². The van der Waals surface area contributed by atoms with E-state index in [2.05, 4.69) is 39.6 Å². The van der Waals surface area contributed by atoms with Gasteiger partial charge in [0.05, 0.1) is 6.54 Å². The Balaban J connectivity index is 1.58. The molecule has 1 unspecified atom stereocenters. The van der Waals surface area contributed by atoms with Crippen molar-refractivity contribution < 1.29 is 4.79 Å². The summed E-state index contributed by atoms with van der Waals surface area (Å²) in [5.41, 5.74) is 5.14. The molecule has 0 bridgehead atoms. The van der Waals surface area contributed by atoms with Crippen LogP contribution < -0.4 is 5.32 Å². The van der Waals surface area contributed by atoms with Crippen LogP contribution in [0.2, 0.25) is 0 Å². The van der Waals surface area contributed by atoms with E-state index in [0.29, 0.717) is 18.8 Å². The van der Waals surface area contributed by atoms with E-state index >= 15 is 0 Å². The van der Waals surface area contributed by atoms with Crippen molar-refractivity contribution >= 4 is 17.4 Å². The second-order valence-corrected chi connectivity index (χ2v) is 6.82. The Labute approximate surface area is 155 Å². The standard InChI is InChI=1S/C20H18N6O/c1-13-19-16(15-7-8-25-17(9-15)21-12-22-25)10-18(27)23-20(19)24-26(13)11-14-5-3-2-4-6-14/h2-9,12,16H,10-11H2,1H3,(H,23,24,27). The zero-order chi connectivity index (χ0) is 18.4. The molecule has 4 heterocycles. The van der Waals surface area contributed by atoms with Gasteiger partial charge in [0.25, 0.3) is 0 Å². The second kappa shape index (κ2) is 6.05. The fourth-order valence-electron chi connectivity index (χ4n) is 3.78. The molecule has 4 aromatic rings. The van der Waals surface area contributed by atoms with Crippen molar-refractivity contribution in [2.45, 2.75) is 25.8 Å². The second-order valence-electron chi connectivity index (χ2n) is 6.82. The van der Waals surface area contributed by atoms with Gasteiger partial charge in [0.2, 0.25) is 5.91 Å². The van der Waals surface area contributed by atoms with Gasteiger partial charge in [-0.05, 0) is 30.2 Å². The number of amides is 1. The van der Waals surface area contributed by atoms with Crippen LogP contribution in [-0.2, 0) is 11.3 Å². The third-order valence-corrected chi connectivity index (χ3v) is 5.13. The van der Waals surface area contributed by atoms with Crippen molar-refractivity contribution in [2.75, 3.05) is 5.32 Å². The molecule has 1 amide bonds. The minimum absolute atomic E-state index is 0.0156. The van der Waals surface area contributed by atoms with Crippen LogP contribution in [0.5, 0.6) is 0 Å². The van der Waals surface area contributed by atoms with Crippen LogP contribution in [-0.4, -0.2) is 30.3 Å². The summed E-state index contributed by atoms with van der Waals surface area (Å²) in [5.74, 6) is 0.601. The van der Waals surface area contributed by atoms with Crippen LogP contribution in [0.1, 0.15) is 34.7 Å². The maximum atomic E-state index is 12.3. The molecular formula is C20H18N6O. The molecule has 27 heavy (non-hydrogen) atoms. The SMILES string of the molecule is Cc1c2c(nn1Cc1ccccc1)NC(=O)CC2c1ccn2ncnc2c1. The number of rotatable bonds is 3. The minimum atomic E-state index is -0.0417. The molecule has 0 aliphatic carbocycles. The number of aromatic nitrogens is 5. The molecule has 1 atom stereocenters. The molecule has 7 nitrogen and oxygen atoms in total. The van der Waals surface area contributed by atoms with Gasteiger partial charge in [-0.2, -0.15) is 10.2 Å². The van der Waals surface area contributed by atoms with E-state index in [1.807, 2.05) is 41.2 Å². The number of nitrogens with zero attached hydrogens (tertiary/aromatic N) is 5. The highest BCUT2D eigenvalue weighted by molar-refractivity contribution is 5.94. The molecule has 1 aliphatic rings. The van der Waals surface area contributed by atoms with E-state index < -0.39 is 0 Å². The van der Waals surface area contributed by atoms with Crippen molar-refractivity contribution in [3.63, 3.8) is 0 Å². The molecule has 7 heteroatoms. The number of anilines is 1. The minimum Gasteiger partial charge on any atom is -0.309 e. The molecule has 0 saturated heterocycles. The Bertz CT molecular complexity index is 1140. The largest absolute Gasteiger partial charge is 0.309 e. The highest BCUT2D eigenvalue weighted by Gasteiger charge is 2.32. The molecular weight excluding hydrogens is 340 g/mol. The predicted octanol–water partition coefficient (Wildman–Crippen LogP) is 2.76. The lowest BCUT2D eigenvalue weighted by Gasteiger charge is -2.23. The Morgan fingerprint density at radius 1 is 1.22 bits per heavy atom. The summed E-state index contributed by atoms with van der Waals surface area (Å²) in [6, 6.07) is 14.2. The first-order valence-electron chi connectivity index (χ1n) is 8.89. The molecule has 0 saturated carbocycles. The van der Waals surface area contributed by atoms with Crippen molar-refractivity contribution in [1.82, 2.24) is 24.4 Å². The first kappa shape index (κ1) is 15.7. The number of nitrogens with one attached hydrogen (secondary N) is 1. The predicted molar refractivity (Wildman–Crippen MR) is 101 cm³/mol. The van der Waals surface area contributed by atoms with Gasteiger partial charge in [-0.3, -0.25) is 9.48 Å². The number of hydrogen-bond donors (Lipinski definition) is 1. The molecule has 0 fully saturated rings. The maximum Gasteiger partial charge on any atom is 0.226 e. The van der Waals surface area contributed by atoms with Gasteiger partial charge < -0.3 is 5.32 Å². The molecule has 1 aromatic carbocycles. The van der Waals surface area contributed by atoms with Crippen LogP contribution in [0.3, 0.4) is 0 Å². The van der Waals surface area contributed by atoms with E-state index in [1.165, 1.54) is 11.9 Å².